The SMILES string of the molecule is COCCOC(=O)c1c(NC(=O)Cc2c(C)oc3ccccc23)sc(C(N)=O)c1C. The van der Waals surface area contributed by atoms with E-state index in [0.29, 0.717) is 16.9 Å². The molecule has 8 nitrogen and oxygen atoms in total. The molecular weight excluding hydrogens is 408 g/mol. The average molecular weight is 430 g/mol. The van der Waals surface area contributed by atoms with Gasteiger partial charge in [-0.1, -0.05) is 18.2 Å². The van der Waals surface area contributed by atoms with Crippen molar-refractivity contribution in [3.8, 4) is 0 Å². The highest BCUT2D eigenvalue weighted by Gasteiger charge is 2.26. The number of furan rings is 1. The van der Waals surface area contributed by atoms with Crippen LogP contribution in [0.15, 0.2) is 28.7 Å². The molecule has 158 valence electrons. The number of fused-ring (bicyclic) bond motifs is 1. The van der Waals surface area contributed by atoms with E-state index in [1.54, 1.807) is 13.8 Å². The molecule has 0 atom stereocenters. The van der Waals surface area contributed by atoms with Crippen molar-refractivity contribution in [1.82, 2.24) is 0 Å². The Morgan fingerprint density at radius 3 is 2.60 bits per heavy atom. The maximum Gasteiger partial charge on any atom is 0.341 e. The van der Waals surface area contributed by atoms with Crippen molar-refractivity contribution in [3.05, 3.63) is 51.6 Å². The fourth-order valence-electron chi connectivity index (χ4n) is 3.14. The zero-order valence-corrected chi connectivity index (χ0v) is 17.7. The van der Waals surface area contributed by atoms with Gasteiger partial charge in [-0.2, -0.15) is 0 Å². The topological polar surface area (TPSA) is 121 Å². The number of thiophene rings is 1. The third kappa shape index (κ3) is 4.37. The number of anilines is 1. The van der Waals surface area contributed by atoms with Gasteiger partial charge in [0.15, 0.2) is 0 Å². The molecule has 0 saturated heterocycles. The van der Waals surface area contributed by atoms with Crippen LogP contribution in [0.3, 0.4) is 0 Å². The van der Waals surface area contributed by atoms with Crippen LogP contribution in [0, 0.1) is 13.8 Å². The van der Waals surface area contributed by atoms with Crippen LogP contribution in [-0.4, -0.2) is 38.1 Å². The number of benzene rings is 1. The lowest BCUT2D eigenvalue weighted by Gasteiger charge is -2.08. The summed E-state index contributed by atoms with van der Waals surface area (Å²) < 4.78 is 15.7. The third-order valence-corrected chi connectivity index (χ3v) is 5.81. The van der Waals surface area contributed by atoms with Gasteiger partial charge < -0.3 is 24.9 Å². The van der Waals surface area contributed by atoms with E-state index < -0.39 is 11.9 Å². The smallest absolute Gasteiger partial charge is 0.341 e. The molecule has 0 fully saturated rings. The van der Waals surface area contributed by atoms with Crippen molar-refractivity contribution in [2.45, 2.75) is 20.3 Å². The van der Waals surface area contributed by atoms with Crippen molar-refractivity contribution in [2.24, 2.45) is 5.73 Å². The maximum atomic E-state index is 12.8. The minimum absolute atomic E-state index is 0.0455. The van der Waals surface area contributed by atoms with Crippen molar-refractivity contribution < 1.29 is 28.3 Å². The number of aryl methyl sites for hydroxylation is 1. The molecule has 3 N–H and O–H groups in total. The fourth-order valence-corrected chi connectivity index (χ4v) is 4.21. The zero-order valence-electron chi connectivity index (χ0n) is 16.9. The van der Waals surface area contributed by atoms with Crippen LogP contribution in [0.1, 0.15) is 36.9 Å². The minimum Gasteiger partial charge on any atom is -0.461 e. The van der Waals surface area contributed by atoms with Gasteiger partial charge in [0.05, 0.1) is 23.5 Å². The molecule has 0 aliphatic heterocycles. The number of primary amides is 1. The van der Waals surface area contributed by atoms with Crippen LogP contribution in [0.5, 0.6) is 0 Å². The predicted octanol–water partition coefficient (Wildman–Crippen LogP) is 3.19. The molecule has 30 heavy (non-hydrogen) atoms. The molecule has 1 aromatic carbocycles. The zero-order chi connectivity index (χ0) is 21.8. The van der Waals surface area contributed by atoms with E-state index in [9.17, 15) is 14.4 Å². The number of nitrogens with two attached hydrogens (primary N) is 1. The van der Waals surface area contributed by atoms with E-state index in [1.807, 2.05) is 24.3 Å². The highest BCUT2D eigenvalue weighted by atomic mass is 32.1. The lowest BCUT2D eigenvalue weighted by Crippen LogP contribution is -2.17. The van der Waals surface area contributed by atoms with Gasteiger partial charge in [0.1, 0.15) is 23.0 Å². The molecule has 0 unspecified atom stereocenters. The minimum atomic E-state index is -0.680. The van der Waals surface area contributed by atoms with Crippen LogP contribution < -0.4 is 11.1 Å². The second kappa shape index (κ2) is 9.10. The van der Waals surface area contributed by atoms with Crippen LogP contribution in [0.25, 0.3) is 11.0 Å². The molecular formula is C21H22N2O6S. The van der Waals surface area contributed by atoms with Crippen molar-refractivity contribution in [3.63, 3.8) is 0 Å². The van der Waals surface area contributed by atoms with E-state index in [-0.39, 0.29) is 41.0 Å². The average Bonchev–Trinajstić information content (AvgIpc) is 3.18. The molecule has 9 heteroatoms. The predicted molar refractivity (Wildman–Crippen MR) is 113 cm³/mol. The van der Waals surface area contributed by atoms with Crippen molar-refractivity contribution >= 4 is 45.1 Å². The Hall–Kier alpha value is -3.17. The summed E-state index contributed by atoms with van der Waals surface area (Å²) in [5.41, 5.74) is 7.36. The molecule has 0 saturated carbocycles. The highest BCUT2D eigenvalue weighted by molar-refractivity contribution is 7.18. The van der Waals surface area contributed by atoms with Crippen LogP contribution in [-0.2, 0) is 20.7 Å². The molecule has 2 amide bonds. The van der Waals surface area contributed by atoms with Gasteiger partial charge in [0, 0.05) is 18.1 Å². The van der Waals surface area contributed by atoms with Crippen molar-refractivity contribution in [1.29, 1.82) is 0 Å². The molecule has 3 rings (SSSR count). The lowest BCUT2D eigenvalue weighted by molar-refractivity contribution is -0.115. The second-order valence-corrected chi connectivity index (χ2v) is 7.63. The monoisotopic (exact) mass is 430 g/mol. The van der Waals surface area contributed by atoms with E-state index in [2.05, 4.69) is 5.32 Å². The van der Waals surface area contributed by atoms with E-state index in [1.165, 1.54) is 7.11 Å². The molecule has 0 spiro atoms. The van der Waals surface area contributed by atoms with Gasteiger partial charge in [0.25, 0.3) is 5.91 Å². The van der Waals surface area contributed by atoms with Gasteiger partial charge in [-0.3, -0.25) is 9.59 Å². The summed E-state index contributed by atoms with van der Waals surface area (Å²) in [6.45, 7) is 3.66. The number of ether oxygens (including phenoxy) is 2. The molecule has 0 aliphatic rings. The quantitative estimate of drug-likeness (QED) is 0.418. The summed E-state index contributed by atoms with van der Waals surface area (Å²) >= 11 is 0.949. The Kier molecular flexibility index (Phi) is 6.53. The Morgan fingerprint density at radius 1 is 1.17 bits per heavy atom. The summed E-state index contributed by atoms with van der Waals surface area (Å²) in [7, 11) is 1.49. The van der Waals surface area contributed by atoms with E-state index >= 15 is 0 Å². The fraction of sp³-hybridized carbons (Fsp3) is 0.286. The number of rotatable bonds is 8. The Morgan fingerprint density at radius 2 is 1.90 bits per heavy atom. The standard InChI is InChI=1S/C21H22N2O6S/c1-11-17(21(26)28-9-8-27-3)20(30-18(11)19(22)25)23-16(24)10-14-12(2)29-15-7-5-4-6-13(14)15/h4-7H,8-10H2,1-3H3,(H2,22,25)(H,23,24). The van der Waals surface area contributed by atoms with E-state index in [4.69, 9.17) is 19.6 Å². The van der Waals surface area contributed by atoms with Gasteiger partial charge in [-0.25, -0.2) is 4.79 Å². The first kappa shape index (κ1) is 21.5. The molecule has 3 aromatic rings. The summed E-state index contributed by atoms with van der Waals surface area (Å²) in [6.07, 6.45) is 0.0455. The normalized spacial score (nSPS) is 10.9. The molecule has 0 radical (unpaired) electrons. The first-order valence-electron chi connectivity index (χ1n) is 9.19. The Balaban J connectivity index is 1.86. The van der Waals surface area contributed by atoms with Gasteiger partial charge in [-0.15, -0.1) is 11.3 Å². The van der Waals surface area contributed by atoms with Gasteiger partial charge in [0.2, 0.25) is 5.91 Å². The summed E-state index contributed by atoms with van der Waals surface area (Å²) in [6, 6.07) is 7.44. The van der Waals surface area contributed by atoms with E-state index in [0.717, 1.165) is 22.3 Å². The number of para-hydroxylation sites is 1. The van der Waals surface area contributed by atoms with Gasteiger partial charge in [-0.05, 0) is 25.5 Å². The second-order valence-electron chi connectivity index (χ2n) is 6.61. The summed E-state index contributed by atoms with van der Waals surface area (Å²) in [4.78, 5) is 37.2. The number of methoxy groups -OCH3 is 1. The Bertz CT molecular complexity index is 1110. The number of hydrogen-bond acceptors (Lipinski definition) is 7. The number of carbonyl (C=O) groups excluding carboxylic acids is 3. The first-order valence-corrected chi connectivity index (χ1v) is 10.0. The molecule has 2 aromatic heterocycles. The summed E-state index contributed by atoms with van der Waals surface area (Å²) in [5.74, 6) is -1.05. The van der Waals surface area contributed by atoms with Crippen LogP contribution >= 0.6 is 11.3 Å². The van der Waals surface area contributed by atoms with Crippen molar-refractivity contribution in [2.75, 3.05) is 25.6 Å². The maximum absolute atomic E-state index is 12.8. The number of carbonyl (C=O) groups is 3. The molecule has 0 aliphatic carbocycles. The van der Waals surface area contributed by atoms with Gasteiger partial charge >= 0.3 is 5.97 Å². The van der Waals surface area contributed by atoms with Crippen LogP contribution in [0.4, 0.5) is 5.00 Å². The highest BCUT2D eigenvalue weighted by Crippen LogP contribution is 2.34. The summed E-state index contributed by atoms with van der Waals surface area (Å²) in [5, 5.41) is 3.80. The molecule has 0 bridgehead atoms. The Labute approximate surface area is 176 Å². The number of amides is 2. The largest absolute Gasteiger partial charge is 0.461 e. The first-order chi connectivity index (χ1) is 14.3. The number of nitrogens with one attached hydrogen (secondary N) is 1. The van der Waals surface area contributed by atoms with Crippen LogP contribution in [0.2, 0.25) is 0 Å². The number of hydrogen-bond donors (Lipinski definition) is 2. The molecule has 2 heterocycles. The third-order valence-electron chi connectivity index (χ3n) is 4.59. The lowest BCUT2D eigenvalue weighted by atomic mass is 10.1. The number of esters is 1.